The number of benzene rings is 2. The largest absolute Gasteiger partial charge is 0.435 e. The van der Waals surface area contributed by atoms with Gasteiger partial charge in [0.05, 0.1) is 5.69 Å². The lowest BCUT2D eigenvalue weighted by atomic mass is 10.2. The highest BCUT2D eigenvalue weighted by Gasteiger charge is 2.42. The Hall–Kier alpha value is -3.57. The van der Waals surface area contributed by atoms with Crippen molar-refractivity contribution >= 4 is 5.91 Å². The first-order valence-corrected chi connectivity index (χ1v) is 8.26. The molecule has 2 aromatic carbocycles. The molecule has 0 aliphatic heterocycles. The quantitative estimate of drug-likeness (QED) is 0.602. The molecule has 3 aromatic rings. The molecule has 6 nitrogen and oxygen atoms in total. The van der Waals surface area contributed by atoms with Gasteiger partial charge in [-0.2, -0.15) is 22.0 Å². The Kier molecular flexibility index (Phi) is 5.94. The van der Waals surface area contributed by atoms with E-state index in [1.807, 2.05) is 0 Å². The van der Waals surface area contributed by atoms with Gasteiger partial charge in [-0.1, -0.05) is 23.4 Å². The summed E-state index contributed by atoms with van der Waals surface area (Å²) in [5, 5.41) is 8.89. The van der Waals surface area contributed by atoms with Gasteiger partial charge in [-0.05, 0) is 35.9 Å². The molecule has 0 bridgehead atoms. The van der Waals surface area contributed by atoms with E-state index in [-0.39, 0.29) is 18.0 Å². The van der Waals surface area contributed by atoms with E-state index in [0.717, 1.165) is 12.1 Å². The van der Waals surface area contributed by atoms with E-state index in [4.69, 9.17) is 0 Å². The maximum atomic E-state index is 13.6. The van der Waals surface area contributed by atoms with Crippen molar-refractivity contribution in [2.24, 2.45) is 0 Å². The monoisotopic (exact) mass is 430 g/mol. The summed E-state index contributed by atoms with van der Waals surface area (Å²) in [5.74, 6) is -2.07. The second kappa shape index (κ2) is 8.43. The van der Waals surface area contributed by atoms with Crippen LogP contribution in [0.15, 0.2) is 48.5 Å². The average Bonchev–Trinajstić information content (AvgIpc) is 3.12. The molecule has 0 fully saturated rings. The first-order chi connectivity index (χ1) is 14.1. The van der Waals surface area contributed by atoms with Crippen molar-refractivity contribution in [1.29, 1.82) is 0 Å². The van der Waals surface area contributed by atoms with Gasteiger partial charge in [0.15, 0.2) is 11.4 Å². The normalized spacial score (nSPS) is 11.6. The molecular weight excluding hydrogens is 418 g/mol. The molecule has 0 radical (unpaired) electrons. The summed E-state index contributed by atoms with van der Waals surface area (Å²) in [5.41, 5.74) is -2.31. The van der Waals surface area contributed by atoms with E-state index in [2.05, 4.69) is 20.4 Å². The molecule has 3 rings (SSSR count). The summed E-state index contributed by atoms with van der Waals surface area (Å²) in [4.78, 5) is 12.3. The number of hydrogen-bond donors (Lipinski definition) is 1. The van der Waals surface area contributed by atoms with Crippen molar-refractivity contribution in [1.82, 2.24) is 20.3 Å². The van der Waals surface area contributed by atoms with Gasteiger partial charge < -0.3 is 10.1 Å². The Labute approximate surface area is 165 Å². The zero-order valence-corrected chi connectivity index (χ0v) is 14.8. The van der Waals surface area contributed by atoms with Crippen LogP contribution >= 0.6 is 0 Å². The number of amides is 1. The molecule has 0 saturated carbocycles. The zero-order valence-electron chi connectivity index (χ0n) is 14.8. The van der Waals surface area contributed by atoms with E-state index in [0.29, 0.717) is 10.2 Å². The van der Waals surface area contributed by atoms with Crippen LogP contribution < -0.4 is 10.1 Å². The molecule has 1 N–H and O–H groups in total. The fraction of sp³-hybridized carbons (Fsp3) is 0.167. The predicted molar refractivity (Wildman–Crippen MR) is 90.6 cm³/mol. The highest BCUT2D eigenvalue weighted by Crippen LogP contribution is 2.32. The van der Waals surface area contributed by atoms with E-state index in [1.54, 1.807) is 0 Å². The van der Waals surface area contributed by atoms with Crippen LogP contribution in [-0.4, -0.2) is 27.5 Å². The Morgan fingerprint density at radius 1 is 1.13 bits per heavy atom. The van der Waals surface area contributed by atoms with Crippen LogP contribution in [-0.2, 0) is 12.7 Å². The van der Waals surface area contributed by atoms with Crippen molar-refractivity contribution in [3.05, 3.63) is 71.3 Å². The van der Waals surface area contributed by atoms with E-state index in [9.17, 15) is 31.1 Å². The molecule has 0 unspecified atom stereocenters. The van der Waals surface area contributed by atoms with Crippen LogP contribution in [0.2, 0.25) is 0 Å². The Morgan fingerprint density at radius 3 is 2.43 bits per heavy atom. The SMILES string of the molecule is O=C(NCc1ccc(OC(F)F)cc1)c1nnn(-c2cccc(F)c2)c1C(F)(F)F. The lowest BCUT2D eigenvalue weighted by molar-refractivity contribution is -0.143. The highest BCUT2D eigenvalue weighted by molar-refractivity contribution is 5.93. The summed E-state index contributed by atoms with van der Waals surface area (Å²) in [6.07, 6.45) is -5.00. The Bertz CT molecular complexity index is 1030. The van der Waals surface area contributed by atoms with Crippen LogP contribution in [0, 0.1) is 5.82 Å². The molecule has 0 atom stereocenters. The minimum atomic E-state index is -5.00. The van der Waals surface area contributed by atoms with Gasteiger partial charge in [0, 0.05) is 6.54 Å². The van der Waals surface area contributed by atoms with Crippen molar-refractivity contribution in [3.63, 3.8) is 0 Å². The third kappa shape index (κ3) is 4.88. The van der Waals surface area contributed by atoms with Gasteiger partial charge in [-0.3, -0.25) is 4.79 Å². The number of ether oxygens (including phenoxy) is 1. The van der Waals surface area contributed by atoms with Gasteiger partial charge in [-0.25, -0.2) is 9.07 Å². The van der Waals surface area contributed by atoms with Gasteiger partial charge in [0.1, 0.15) is 11.6 Å². The van der Waals surface area contributed by atoms with Crippen LogP contribution in [0.3, 0.4) is 0 Å². The summed E-state index contributed by atoms with van der Waals surface area (Å²) in [6.45, 7) is -3.21. The number of halogens is 6. The van der Waals surface area contributed by atoms with Crippen molar-refractivity contribution in [2.75, 3.05) is 0 Å². The molecule has 0 aliphatic rings. The molecular formula is C18H12F6N4O2. The molecule has 0 saturated heterocycles. The molecule has 0 aliphatic carbocycles. The fourth-order valence-corrected chi connectivity index (χ4v) is 2.53. The minimum Gasteiger partial charge on any atom is -0.435 e. The van der Waals surface area contributed by atoms with Crippen molar-refractivity contribution in [2.45, 2.75) is 19.3 Å². The molecule has 1 aromatic heterocycles. The standard InChI is InChI=1S/C18H12F6N4O2/c19-11-2-1-3-12(8-11)28-15(18(22,23)24)14(26-27-28)16(29)25-9-10-4-6-13(7-5-10)30-17(20)21/h1-8,17H,9H2,(H,25,29). The van der Waals surface area contributed by atoms with Gasteiger partial charge in [0.2, 0.25) is 0 Å². The molecule has 0 spiro atoms. The first-order valence-electron chi connectivity index (χ1n) is 8.26. The number of carbonyl (C=O) groups is 1. The fourth-order valence-electron chi connectivity index (χ4n) is 2.53. The number of alkyl halides is 5. The van der Waals surface area contributed by atoms with Crippen LogP contribution in [0.25, 0.3) is 5.69 Å². The molecule has 158 valence electrons. The van der Waals surface area contributed by atoms with Crippen LogP contribution in [0.5, 0.6) is 5.75 Å². The molecule has 30 heavy (non-hydrogen) atoms. The average molecular weight is 430 g/mol. The third-order valence-electron chi connectivity index (χ3n) is 3.81. The number of nitrogens with zero attached hydrogens (tertiary/aromatic N) is 3. The molecule has 1 amide bonds. The smallest absolute Gasteiger partial charge is 0.435 e. The summed E-state index contributed by atoms with van der Waals surface area (Å²) >= 11 is 0. The topological polar surface area (TPSA) is 69.0 Å². The second-order valence-electron chi connectivity index (χ2n) is 5.88. The second-order valence-corrected chi connectivity index (χ2v) is 5.88. The Balaban J connectivity index is 1.80. The van der Waals surface area contributed by atoms with Crippen molar-refractivity contribution in [3.8, 4) is 11.4 Å². The summed E-state index contributed by atoms with van der Waals surface area (Å²) < 4.78 is 82.8. The van der Waals surface area contributed by atoms with Crippen LogP contribution in [0.1, 0.15) is 21.7 Å². The zero-order chi connectivity index (χ0) is 21.9. The van der Waals surface area contributed by atoms with E-state index >= 15 is 0 Å². The summed E-state index contributed by atoms with van der Waals surface area (Å²) in [6, 6.07) is 9.36. The van der Waals surface area contributed by atoms with Crippen molar-refractivity contribution < 1.29 is 35.9 Å². The number of rotatable bonds is 6. The number of aromatic nitrogens is 3. The first kappa shape index (κ1) is 21.1. The van der Waals surface area contributed by atoms with E-state index in [1.165, 1.54) is 36.4 Å². The van der Waals surface area contributed by atoms with Gasteiger partial charge in [0.25, 0.3) is 5.91 Å². The van der Waals surface area contributed by atoms with Gasteiger partial charge >= 0.3 is 12.8 Å². The lowest BCUT2D eigenvalue weighted by Crippen LogP contribution is -2.27. The third-order valence-corrected chi connectivity index (χ3v) is 3.81. The Morgan fingerprint density at radius 2 is 1.83 bits per heavy atom. The predicted octanol–water partition coefficient (Wildman–Crippen LogP) is 3.96. The van der Waals surface area contributed by atoms with Gasteiger partial charge in [-0.15, -0.1) is 5.10 Å². The molecule has 1 heterocycles. The number of hydrogen-bond acceptors (Lipinski definition) is 4. The maximum Gasteiger partial charge on any atom is 0.435 e. The molecule has 12 heteroatoms. The number of nitrogens with one attached hydrogen (secondary N) is 1. The number of carbonyl (C=O) groups excluding carboxylic acids is 1. The minimum absolute atomic E-state index is 0.113. The highest BCUT2D eigenvalue weighted by atomic mass is 19.4. The summed E-state index contributed by atoms with van der Waals surface area (Å²) in [7, 11) is 0. The lowest BCUT2D eigenvalue weighted by Gasteiger charge is -2.11. The maximum absolute atomic E-state index is 13.6. The van der Waals surface area contributed by atoms with Crippen LogP contribution in [0.4, 0.5) is 26.3 Å². The van der Waals surface area contributed by atoms with E-state index < -0.39 is 35.9 Å².